The molecule has 1 aliphatic heterocycles. The molecule has 30 heavy (non-hydrogen) atoms. The van der Waals surface area contributed by atoms with E-state index in [9.17, 15) is 4.79 Å². The molecule has 7 nitrogen and oxygen atoms in total. The Bertz CT molecular complexity index is 866. The first kappa shape index (κ1) is 21.9. The minimum Gasteiger partial charge on any atom is -0.497 e. The van der Waals surface area contributed by atoms with E-state index in [2.05, 4.69) is 10.2 Å². The summed E-state index contributed by atoms with van der Waals surface area (Å²) in [6, 6.07) is 12.6. The van der Waals surface area contributed by atoms with E-state index in [1.165, 1.54) is 0 Å². The number of hydrogen-bond acceptors (Lipinski definition) is 6. The number of nitrogens with zero attached hydrogens (tertiary/aromatic N) is 1. The van der Waals surface area contributed by atoms with Gasteiger partial charge in [0.25, 0.3) is 5.91 Å². The highest BCUT2D eigenvalue weighted by Gasteiger charge is 2.17. The molecule has 0 aromatic heterocycles. The van der Waals surface area contributed by atoms with Crippen molar-refractivity contribution in [1.29, 1.82) is 0 Å². The third-order valence-electron chi connectivity index (χ3n) is 4.52. The quantitative estimate of drug-likeness (QED) is 0.646. The van der Waals surface area contributed by atoms with Gasteiger partial charge in [0, 0.05) is 24.3 Å². The van der Waals surface area contributed by atoms with Crippen molar-refractivity contribution in [3.8, 4) is 17.2 Å². The number of carbonyl (C=O) groups is 1. The van der Waals surface area contributed by atoms with Crippen LogP contribution in [-0.4, -0.2) is 62.4 Å². The van der Waals surface area contributed by atoms with Crippen LogP contribution in [0.3, 0.4) is 0 Å². The molecular weight excluding hydrogens is 404 g/mol. The molecule has 1 saturated heterocycles. The highest BCUT2D eigenvalue weighted by molar-refractivity contribution is 7.80. The van der Waals surface area contributed by atoms with Crippen molar-refractivity contribution < 1.29 is 23.7 Å². The van der Waals surface area contributed by atoms with Gasteiger partial charge >= 0.3 is 0 Å². The van der Waals surface area contributed by atoms with E-state index < -0.39 is 0 Å². The van der Waals surface area contributed by atoms with Crippen LogP contribution >= 0.6 is 12.2 Å². The molecule has 8 heteroatoms. The monoisotopic (exact) mass is 430 g/mol. The lowest BCUT2D eigenvalue weighted by Crippen LogP contribution is -2.40. The van der Waals surface area contributed by atoms with E-state index in [0.717, 1.165) is 29.4 Å². The molecule has 0 aliphatic carbocycles. The zero-order valence-corrected chi connectivity index (χ0v) is 18.0. The molecule has 0 radical (unpaired) electrons. The lowest BCUT2D eigenvalue weighted by molar-refractivity contribution is -0.118. The summed E-state index contributed by atoms with van der Waals surface area (Å²) in [5.41, 5.74) is 1.55. The van der Waals surface area contributed by atoms with Gasteiger partial charge in [-0.15, -0.1) is 0 Å². The predicted molar refractivity (Wildman–Crippen MR) is 119 cm³/mol. The molecule has 0 saturated carbocycles. The van der Waals surface area contributed by atoms with Crippen LogP contribution in [-0.2, 0) is 9.53 Å². The second-order valence-electron chi connectivity index (χ2n) is 6.56. The number of thiocarbonyl (C=S) groups is 1. The van der Waals surface area contributed by atoms with Gasteiger partial charge in [-0.2, -0.15) is 0 Å². The molecule has 1 fully saturated rings. The Kier molecular flexibility index (Phi) is 7.87. The van der Waals surface area contributed by atoms with Crippen molar-refractivity contribution in [3.63, 3.8) is 0 Å². The van der Waals surface area contributed by atoms with Gasteiger partial charge in [0.15, 0.2) is 18.1 Å². The summed E-state index contributed by atoms with van der Waals surface area (Å²) in [6.07, 6.45) is 0. The fraction of sp³-hybridized carbons (Fsp3) is 0.364. The van der Waals surface area contributed by atoms with Crippen LogP contribution in [0, 0.1) is 0 Å². The van der Waals surface area contributed by atoms with E-state index in [1.807, 2.05) is 19.1 Å². The van der Waals surface area contributed by atoms with E-state index in [0.29, 0.717) is 37.0 Å². The summed E-state index contributed by atoms with van der Waals surface area (Å²) in [6.45, 7) is 5.11. The topological polar surface area (TPSA) is 69.3 Å². The van der Waals surface area contributed by atoms with Gasteiger partial charge in [-0.1, -0.05) is 12.2 Å². The van der Waals surface area contributed by atoms with Crippen molar-refractivity contribution in [1.82, 2.24) is 4.90 Å². The third kappa shape index (κ3) is 5.84. The lowest BCUT2D eigenvalue weighted by atomic mass is 10.1. The van der Waals surface area contributed by atoms with Gasteiger partial charge in [0.05, 0.1) is 26.9 Å². The number of benzene rings is 2. The Morgan fingerprint density at radius 2 is 1.83 bits per heavy atom. The second-order valence-corrected chi connectivity index (χ2v) is 6.95. The molecule has 2 aromatic rings. The lowest BCUT2D eigenvalue weighted by Gasteiger charge is -2.29. The standard InChI is InChI=1S/C22H26N2O5S/c1-3-28-20-14-16(22(30)24-10-12-27-13-11-24)4-9-19(20)29-15-21(25)23-17-5-7-18(26-2)8-6-17/h4-9,14H,3,10-13,15H2,1-2H3,(H,23,25). The number of methoxy groups -OCH3 is 1. The van der Waals surface area contributed by atoms with Crippen molar-refractivity contribution in [2.45, 2.75) is 6.92 Å². The number of hydrogen-bond donors (Lipinski definition) is 1. The average molecular weight is 431 g/mol. The van der Waals surface area contributed by atoms with Crippen molar-refractivity contribution in [2.75, 3.05) is 51.9 Å². The number of morpholine rings is 1. The molecule has 1 N–H and O–H groups in total. The highest BCUT2D eigenvalue weighted by atomic mass is 32.1. The van der Waals surface area contributed by atoms with Crippen LogP contribution in [0.15, 0.2) is 42.5 Å². The van der Waals surface area contributed by atoms with Crippen LogP contribution in [0.2, 0.25) is 0 Å². The maximum absolute atomic E-state index is 12.2. The van der Waals surface area contributed by atoms with E-state index in [-0.39, 0.29) is 12.5 Å². The molecule has 0 atom stereocenters. The molecule has 1 heterocycles. The Labute approximate surface area is 181 Å². The Balaban J connectivity index is 1.62. The fourth-order valence-corrected chi connectivity index (χ4v) is 3.30. The first-order valence-corrected chi connectivity index (χ1v) is 10.2. The SMILES string of the molecule is CCOc1cc(C(=S)N2CCOCC2)ccc1OCC(=O)Nc1ccc(OC)cc1. The summed E-state index contributed by atoms with van der Waals surface area (Å²) >= 11 is 5.63. The number of anilines is 1. The van der Waals surface area contributed by atoms with Crippen LogP contribution in [0.1, 0.15) is 12.5 Å². The number of amides is 1. The summed E-state index contributed by atoms with van der Waals surface area (Å²) in [4.78, 5) is 15.1. The molecule has 0 spiro atoms. The number of carbonyl (C=O) groups excluding carboxylic acids is 1. The molecule has 3 rings (SSSR count). The molecule has 2 aromatic carbocycles. The first-order valence-electron chi connectivity index (χ1n) is 9.81. The van der Waals surface area contributed by atoms with Crippen LogP contribution < -0.4 is 19.5 Å². The van der Waals surface area contributed by atoms with Gasteiger partial charge in [-0.25, -0.2) is 0 Å². The number of nitrogens with one attached hydrogen (secondary N) is 1. The van der Waals surface area contributed by atoms with Crippen molar-refractivity contribution in [2.24, 2.45) is 0 Å². The zero-order valence-electron chi connectivity index (χ0n) is 17.2. The summed E-state index contributed by atoms with van der Waals surface area (Å²) in [7, 11) is 1.59. The van der Waals surface area contributed by atoms with E-state index in [1.54, 1.807) is 37.4 Å². The minimum atomic E-state index is -0.268. The largest absolute Gasteiger partial charge is 0.497 e. The van der Waals surface area contributed by atoms with Gasteiger partial charge in [-0.3, -0.25) is 4.79 Å². The smallest absolute Gasteiger partial charge is 0.262 e. The van der Waals surface area contributed by atoms with Crippen molar-refractivity contribution in [3.05, 3.63) is 48.0 Å². The molecule has 1 aliphatic rings. The Morgan fingerprint density at radius 1 is 1.10 bits per heavy atom. The normalized spacial score (nSPS) is 13.5. The molecule has 0 unspecified atom stereocenters. The summed E-state index contributed by atoms with van der Waals surface area (Å²) < 4.78 is 21.9. The minimum absolute atomic E-state index is 0.140. The Hall–Kier alpha value is -2.84. The summed E-state index contributed by atoms with van der Waals surface area (Å²) in [5, 5.41) is 2.79. The van der Waals surface area contributed by atoms with Crippen LogP contribution in [0.5, 0.6) is 17.2 Å². The van der Waals surface area contributed by atoms with Crippen LogP contribution in [0.25, 0.3) is 0 Å². The van der Waals surface area contributed by atoms with Gasteiger partial charge in [-0.05, 0) is 49.4 Å². The zero-order chi connectivity index (χ0) is 21.3. The predicted octanol–water partition coefficient (Wildman–Crippen LogP) is 3.12. The van der Waals surface area contributed by atoms with Gasteiger partial charge in [0.1, 0.15) is 10.7 Å². The molecular formula is C22H26N2O5S. The maximum atomic E-state index is 12.2. The van der Waals surface area contributed by atoms with E-state index in [4.69, 9.17) is 31.2 Å². The fourth-order valence-electron chi connectivity index (χ4n) is 2.99. The Morgan fingerprint density at radius 3 is 2.50 bits per heavy atom. The molecule has 0 bridgehead atoms. The number of rotatable bonds is 8. The van der Waals surface area contributed by atoms with Gasteiger partial charge < -0.3 is 29.2 Å². The highest BCUT2D eigenvalue weighted by Crippen LogP contribution is 2.29. The number of ether oxygens (including phenoxy) is 4. The average Bonchev–Trinajstić information content (AvgIpc) is 2.79. The van der Waals surface area contributed by atoms with E-state index >= 15 is 0 Å². The molecule has 160 valence electrons. The van der Waals surface area contributed by atoms with Crippen LogP contribution in [0.4, 0.5) is 5.69 Å². The first-order chi connectivity index (χ1) is 14.6. The molecule has 1 amide bonds. The third-order valence-corrected chi connectivity index (χ3v) is 5.02. The summed E-state index contributed by atoms with van der Waals surface area (Å²) in [5.74, 6) is 1.51. The maximum Gasteiger partial charge on any atom is 0.262 e. The van der Waals surface area contributed by atoms with Crippen molar-refractivity contribution >= 4 is 28.8 Å². The second kappa shape index (κ2) is 10.8. The van der Waals surface area contributed by atoms with Gasteiger partial charge in [0.2, 0.25) is 0 Å².